The molecule has 2 aliphatic rings. The molecule has 174 valence electrons. The fourth-order valence-electron chi connectivity index (χ4n) is 3.43. The predicted molar refractivity (Wildman–Crippen MR) is 114 cm³/mol. The van der Waals surface area contributed by atoms with Crippen LogP contribution in [0.4, 0.5) is 4.79 Å². The van der Waals surface area contributed by atoms with Crippen molar-refractivity contribution in [2.24, 2.45) is 5.92 Å². The molecule has 2 heterocycles. The highest BCUT2D eigenvalue weighted by molar-refractivity contribution is 7.89. The minimum atomic E-state index is -3.62. The van der Waals surface area contributed by atoms with Crippen LogP contribution in [0.5, 0.6) is 0 Å². The number of carbonyl (C=O) groups is 3. The van der Waals surface area contributed by atoms with Crippen molar-refractivity contribution in [2.75, 3.05) is 32.8 Å². The number of rotatable bonds is 7. The monoisotopic (exact) mass is 465 g/mol. The molecule has 0 unspecified atom stereocenters. The van der Waals surface area contributed by atoms with Gasteiger partial charge in [-0.2, -0.15) is 4.31 Å². The summed E-state index contributed by atoms with van der Waals surface area (Å²) in [6.07, 6.45) is 1.64. The van der Waals surface area contributed by atoms with Gasteiger partial charge in [0.15, 0.2) is 0 Å². The van der Waals surface area contributed by atoms with Crippen LogP contribution in [0.15, 0.2) is 40.4 Å². The van der Waals surface area contributed by atoms with Crippen LogP contribution in [0.25, 0.3) is 0 Å². The fraction of sp³-hybridized carbons (Fsp3) is 0.476. The summed E-state index contributed by atoms with van der Waals surface area (Å²) in [6.45, 7) is 4.49. The molecule has 2 aliphatic heterocycles. The molecule has 1 aromatic carbocycles. The molecular weight excluding hydrogens is 438 g/mol. The second-order valence-electron chi connectivity index (χ2n) is 7.67. The minimum absolute atomic E-state index is 0.0423. The lowest BCUT2D eigenvalue weighted by molar-refractivity contribution is -0.138. The summed E-state index contributed by atoms with van der Waals surface area (Å²) in [5.41, 5.74) is 0.449. The van der Waals surface area contributed by atoms with Gasteiger partial charge in [-0.05, 0) is 49.9 Å². The van der Waals surface area contributed by atoms with Gasteiger partial charge in [-0.3, -0.25) is 0 Å². The lowest BCUT2D eigenvalue weighted by Gasteiger charge is -2.29. The number of urea groups is 1. The lowest BCUT2D eigenvalue weighted by atomic mass is 10.0. The first kappa shape index (κ1) is 23.7. The van der Waals surface area contributed by atoms with E-state index >= 15 is 0 Å². The molecule has 0 spiro atoms. The Morgan fingerprint density at radius 2 is 1.75 bits per heavy atom. The van der Waals surface area contributed by atoms with Gasteiger partial charge in [0.1, 0.15) is 6.61 Å². The van der Waals surface area contributed by atoms with E-state index in [-0.39, 0.29) is 41.5 Å². The highest BCUT2D eigenvalue weighted by Gasteiger charge is 2.28. The first-order valence-electron chi connectivity index (χ1n) is 10.4. The van der Waals surface area contributed by atoms with Crippen LogP contribution in [0.1, 0.15) is 37.0 Å². The lowest BCUT2D eigenvalue weighted by Crippen LogP contribution is -2.45. The van der Waals surface area contributed by atoms with Crippen LogP contribution >= 0.6 is 0 Å². The summed E-state index contributed by atoms with van der Waals surface area (Å²) in [7, 11) is -3.62. The van der Waals surface area contributed by atoms with Crippen molar-refractivity contribution in [1.29, 1.82) is 0 Å². The number of carbonyl (C=O) groups excluding carboxylic acids is 3. The van der Waals surface area contributed by atoms with E-state index in [1.54, 1.807) is 6.92 Å². The van der Waals surface area contributed by atoms with Crippen LogP contribution in [-0.4, -0.2) is 63.5 Å². The van der Waals surface area contributed by atoms with E-state index in [0.29, 0.717) is 19.0 Å². The Bertz CT molecular complexity index is 1010. The number of piperidine rings is 1. The third-order valence-electron chi connectivity index (χ3n) is 5.39. The Morgan fingerprint density at radius 1 is 1.09 bits per heavy atom. The average molecular weight is 466 g/mol. The van der Waals surface area contributed by atoms with E-state index in [2.05, 4.69) is 17.6 Å². The molecule has 0 bridgehead atoms. The zero-order valence-corrected chi connectivity index (χ0v) is 18.9. The van der Waals surface area contributed by atoms with Crippen LogP contribution in [0.2, 0.25) is 0 Å². The summed E-state index contributed by atoms with van der Waals surface area (Å²) in [6, 6.07) is 4.98. The van der Waals surface area contributed by atoms with Crippen molar-refractivity contribution in [3.8, 4) is 0 Å². The first-order valence-corrected chi connectivity index (χ1v) is 11.9. The van der Waals surface area contributed by atoms with Crippen LogP contribution in [-0.2, 0) is 24.3 Å². The molecule has 11 heteroatoms. The van der Waals surface area contributed by atoms with Crippen molar-refractivity contribution < 1.29 is 32.3 Å². The summed E-state index contributed by atoms with van der Waals surface area (Å²) in [5.74, 6) is -0.834. The minimum Gasteiger partial charge on any atom is -0.463 e. The number of hydrogen-bond donors (Lipinski definition) is 2. The van der Waals surface area contributed by atoms with Crippen LogP contribution in [0, 0.1) is 5.92 Å². The molecule has 0 atom stereocenters. The van der Waals surface area contributed by atoms with Gasteiger partial charge < -0.3 is 20.1 Å². The van der Waals surface area contributed by atoms with E-state index in [0.717, 1.165) is 12.8 Å². The largest absolute Gasteiger partial charge is 0.463 e. The number of sulfonamides is 1. The quantitative estimate of drug-likeness (QED) is 0.582. The molecule has 2 N–H and O–H groups in total. The number of hydrogen-bond acceptors (Lipinski definition) is 7. The highest BCUT2D eigenvalue weighted by atomic mass is 32.2. The number of esters is 2. The topological polar surface area (TPSA) is 131 Å². The second kappa shape index (κ2) is 10.1. The number of nitrogens with one attached hydrogen (secondary N) is 2. The summed E-state index contributed by atoms with van der Waals surface area (Å²) in [5, 5.41) is 4.91. The van der Waals surface area contributed by atoms with Crippen LogP contribution < -0.4 is 10.6 Å². The second-order valence-corrected chi connectivity index (χ2v) is 9.61. The first-order chi connectivity index (χ1) is 15.2. The molecule has 2 amide bonds. The molecular formula is C21H27N3O7S. The number of nitrogens with zero attached hydrogens (tertiary/aromatic N) is 1. The van der Waals surface area contributed by atoms with Crippen molar-refractivity contribution >= 4 is 28.0 Å². The van der Waals surface area contributed by atoms with Gasteiger partial charge in [-0.25, -0.2) is 22.8 Å². The SMILES string of the molecule is CCOC(=O)C1=C(COC(=O)c2ccc(S(=O)(=O)N3CCC(C)CC3)cc2)NC(=O)NC1. The standard InChI is InChI=1S/C21H27N3O7S/c1-3-30-20(26)17-12-22-21(27)23-18(17)13-31-19(25)15-4-6-16(7-5-15)32(28,29)24-10-8-14(2)9-11-24/h4-7,14H,3,8-13H2,1-2H3,(H2,22,23,27). The van der Waals surface area contributed by atoms with Gasteiger partial charge in [0.2, 0.25) is 10.0 Å². The molecule has 10 nitrogen and oxygen atoms in total. The maximum absolute atomic E-state index is 12.8. The molecule has 0 saturated carbocycles. The smallest absolute Gasteiger partial charge is 0.338 e. The Kier molecular flexibility index (Phi) is 7.52. The van der Waals surface area contributed by atoms with Crippen LogP contribution in [0.3, 0.4) is 0 Å². The van der Waals surface area contributed by atoms with Gasteiger partial charge in [0, 0.05) is 13.1 Å². The molecule has 1 fully saturated rings. The molecule has 3 rings (SSSR count). The molecule has 0 aromatic heterocycles. The van der Waals surface area contributed by atoms with Crippen molar-refractivity contribution in [1.82, 2.24) is 14.9 Å². The molecule has 32 heavy (non-hydrogen) atoms. The highest BCUT2D eigenvalue weighted by Crippen LogP contribution is 2.23. The number of benzene rings is 1. The van der Waals surface area contributed by atoms with Gasteiger partial charge >= 0.3 is 18.0 Å². The number of amides is 2. The van der Waals surface area contributed by atoms with E-state index in [1.165, 1.54) is 28.6 Å². The summed E-state index contributed by atoms with van der Waals surface area (Å²) < 4.78 is 37.2. The van der Waals surface area contributed by atoms with E-state index in [9.17, 15) is 22.8 Å². The number of ether oxygens (including phenoxy) is 2. The molecule has 1 saturated heterocycles. The Morgan fingerprint density at radius 3 is 2.38 bits per heavy atom. The predicted octanol–water partition coefficient (Wildman–Crippen LogP) is 1.39. The molecule has 1 aromatic rings. The van der Waals surface area contributed by atoms with E-state index in [1.807, 2.05) is 0 Å². The third-order valence-corrected chi connectivity index (χ3v) is 7.31. The Hall–Kier alpha value is -2.92. The Balaban J connectivity index is 1.67. The van der Waals surface area contributed by atoms with Gasteiger partial charge in [-0.1, -0.05) is 6.92 Å². The fourth-order valence-corrected chi connectivity index (χ4v) is 4.90. The average Bonchev–Trinajstić information content (AvgIpc) is 2.78. The normalized spacial score (nSPS) is 18.0. The van der Waals surface area contributed by atoms with Crippen molar-refractivity contribution in [3.05, 3.63) is 41.1 Å². The molecule has 0 radical (unpaired) electrons. The molecule has 0 aliphatic carbocycles. The Labute approximate surface area is 187 Å². The zero-order valence-electron chi connectivity index (χ0n) is 18.0. The van der Waals surface area contributed by atoms with E-state index in [4.69, 9.17) is 9.47 Å². The maximum Gasteiger partial charge on any atom is 0.338 e. The summed E-state index contributed by atoms with van der Waals surface area (Å²) >= 11 is 0. The third kappa shape index (κ3) is 5.46. The van der Waals surface area contributed by atoms with Gasteiger partial charge in [0.25, 0.3) is 0 Å². The van der Waals surface area contributed by atoms with E-state index < -0.39 is 28.0 Å². The zero-order chi connectivity index (χ0) is 23.3. The van der Waals surface area contributed by atoms with Gasteiger partial charge in [0.05, 0.1) is 34.9 Å². The van der Waals surface area contributed by atoms with Crippen molar-refractivity contribution in [3.63, 3.8) is 0 Å². The van der Waals surface area contributed by atoms with Gasteiger partial charge in [-0.15, -0.1) is 0 Å². The van der Waals surface area contributed by atoms with Crippen molar-refractivity contribution in [2.45, 2.75) is 31.6 Å². The maximum atomic E-state index is 12.8. The summed E-state index contributed by atoms with van der Waals surface area (Å²) in [4.78, 5) is 36.2.